The molecule has 0 radical (unpaired) electrons. The van der Waals surface area contributed by atoms with Gasteiger partial charge in [-0.3, -0.25) is 4.99 Å². The molecular formula is C11H15N. The number of nitrogens with zero attached hydrogens (tertiary/aromatic N) is 1. The highest BCUT2D eigenvalue weighted by Gasteiger charge is 1.94. The van der Waals surface area contributed by atoms with E-state index in [-0.39, 0.29) is 0 Å². The van der Waals surface area contributed by atoms with Gasteiger partial charge in [0.05, 0.1) is 5.70 Å². The van der Waals surface area contributed by atoms with E-state index in [4.69, 9.17) is 0 Å². The molecule has 0 N–H and O–H groups in total. The van der Waals surface area contributed by atoms with Gasteiger partial charge in [0.2, 0.25) is 0 Å². The zero-order valence-corrected chi connectivity index (χ0v) is 7.75. The van der Waals surface area contributed by atoms with Crippen molar-refractivity contribution in [3.05, 3.63) is 48.7 Å². The normalized spacial score (nSPS) is 13.5. The van der Waals surface area contributed by atoms with Crippen molar-refractivity contribution in [1.82, 2.24) is 0 Å². The molecule has 0 heterocycles. The summed E-state index contributed by atoms with van der Waals surface area (Å²) in [5, 5.41) is 0. The Labute approximate surface area is 74.5 Å². The zero-order valence-electron chi connectivity index (χ0n) is 7.75. The fourth-order valence-electron chi connectivity index (χ4n) is 0.840. The first-order valence-corrected chi connectivity index (χ1v) is 3.90. The maximum absolute atomic E-state index is 4.18. The van der Waals surface area contributed by atoms with E-state index in [0.29, 0.717) is 0 Å². The van der Waals surface area contributed by atoms with E-state index in [0.717, 1.165) is 11.3 Å². The van der Waals surface area contributed by atoms with E-state index in [1.807, 2.05) is 26.0 Å². The van der Waals surface area contributed by atoms with E-state index in [9.17, 15) is 0 Å². The fraction of sp³-hybridized carbons (Fsp3) is 0.182. The minimum Gasteiger partial charge on any atom is -0.261 e. The summed E-state index contributed by atoms with van der Waals surface area (Å²) in [4.78, 5) is 4.18. The first-order valence-electron chi connectivity index (χ1n) is 3.90. The van der Waals surface area contributed by atoms with Gasteiger partial charge >= 0.3 is 0 Å². The van der Waals surface area contributed by atoms with Crippen molar-refractivity contribution in [2.75, 3.05) is 0 Å². The summed E-state index contributed by atoms with van der Waals surface area (Å²) in [6.45, 7) is 11.2. The first kappa shape index (κ1) is 10.6. The van der Waals surface area contributed by atoms with Crippen LogP contribution in [0.2, 0.25) is 0 Å². The van der Waals surface area contributed by atoms with Crippen LogP contribution in [0, 0.1) is 0 Å². The molecule has 0 saturated carbocycles. The van der Waals surface area contributed by atoms with E-state index in [2.05, 4.69) is 18.2 Å². The average molecular weight is 161 g/mol. The summed E-state index contributed by atoms with van der Waals surface area (Å²) in [6.07, 6.45) is 9.08. The predicted octanol–water partition coefficient (Wildman–Crippen LogP) is 3.28. The van der Waals surface area contributed by atoms with Crippen molar-refractivity contribution < 1.29 is 0 Å². The van der Waals surface area contributed by atoms with Gasteiger partial charge in [0, 0.05) is 6.21 Å². The highest BCUT2D eigenvalue weighted by Crippen LogP contribution is 2.11. The Balaban J connectivity index is 4.81. The van der Waals surface area contributed by atoms with Gasteiger partial charge in [0.15, 0.2) is 0 Å². The van der Waals surface area contributed by atoms with Gasteiger partial charge in [-0.2, -0.15) is 0 Å². The van der Waals surface area contributed by atoms with Gasteiger partial charge in [0.25, 0.3) is 0 Å². The van der Waals surface area contributed by atoms with Gasteiger partial charge in [-0.1, -0.05) is 37.5 Å². The maximum atomic E-state index is 4.18. The van der Waals surface area contributed by atoms with E-state index in [1.165, 1.54) is 0 Å². The number of rotatable bonds is 4. The van der Waals surface area contributed by atoms with Crippen LogP contribution >= 0.6 is 0 Å². The third kappa shape index (κ3) is 3.15. The topological polar surface area (TPSA) is 12.4 Å². The Kier molecular flexibility index (Phi) is 5.62. The predicted molar refractivity (Wildman–Crippen MR) is 56.4 cm³/mol. The standard InChI is InChI=1S/C11H15N/c1-5-9-10(6-2)11(7-3)12-8-4/h5-9H,1-2H2,3-4H3/b10-9-,11-7+,12-8?. The van der Waals surface area contributed by atoms with Gasteiger partial charge in [-0.25, -0.2) is 0 Å². The van der Waals surface area contributed by atoms with Crippen molar-refractivity contribution in [2.45, 2.75) is 13.8 Å². The van der Waals surface area contributed by atoms with Crippen molar-refractivity contribution in [3.63, 3.8) is 0 Å². The molecule has 0 aromatic carbocycles. The summed E-state index contributed by atoms with van der Waals surface area (Å²) in [5.41, 5.74) is 1.91. The third-order valence-corrected chi connectivity index (χ3v) is 1.35. The van der Waals surface area contributed by atoms with Crippen molar-refractivity contribution >= 4 is 6.21 Å². The van der Waals surface area contributed by atoms with Crippen LogP contribution in [-0.2, 0) is 0 Å². The van der Waals surface area contributed by atoms with Gasteiger partial charge < -0.3 is 0 Å². The average Bonchev–Trinajstić information content (AvgIpc) is 2.11. The highest BCUT2D eigenvalue weighted by atomic mass is 14.7. The molecule has 0 fully saturated rings. The lowest BCUT2D eigenvalue weighted by atomic mass is 10.1. The molecule has 0 atom stereocenters. The second kappa shape index (κ2) is 6.35. The number of hydrogen-bond donors (Lipinski definition) is 0. The second-order valence-corrected chi connectivity index (χ2v) is 2.12. The van der Waals surface area contributed by atoms with E-state index >= 15 is 0 Å². The molecule has 0 rings (SSSR count). The molecule has 1 heteroatoms. The van der Waals surface area contributed by atoms with Crippen LogP contribution in [-0.4, -0.2) is 6.21 Å². The smallest absolute Gasteiger partial charge is 0.0655 e. The summed E-state index contributed by atoms with van der Waals surface area (Å²) >= 11 is 0. The van der Waals surface area contributed by atoms with Crippen molar-refractivity contribution in [1.29, 1.82) is 0 Å². The van der Waals surface area contributed by atoms with Crippen LogP contribution in [0.1, 0.15) is 13.8 Å². The SMILES string of the molecule is C=C/C=C(C=C)\C(=C/C)N=CC. The molecular weight excluding hydrogens is 146 g/mol. The molecule has 0 aromatic heterocycles. The Hall–Kier alpha value is -1.37. The number of hydrogen-bond acceptors (Lipinski definition) is 1. The van der Waals surface area contributed by atoms with E-state index < -0.39 is 0 Å². The molecule has 0 aliphatic carbocycles. The molecule has 0 unspecified atom stereocenters. The Morgan fingerprint density at radius 1 is 1.25 bits per heavy atom. The molecule has 12 heavy (non-hydrogen) atoms. The first-order chi connectivity index (χ1) is 5.79. The molecule has 0 aliphatic rings. The molecule has 0 amide bonds. The summed E-state index contributed by atoms with van der Waals surface area (Å²) in [5.74, 6) is 0. The summed E-state index contributed by atoms with van der Waals surface area (Å²) in [7, 11) is 0. The number of aliphatic imine (C=N–C) groups is 1. The zero-order chi connectivity index (χ0) is 9.40. The lowest BCUT2D eigenvalue weighted by Crippen LogP contribution is -1.82. The van der Waals surface area contributed by atoms with Gasteiger partial charge in [-0.15, -0.1) is 0 Å². The Bertz CT molecular complexity index is 242. The minimum absolute atomic E-state index is 0.924. The molecule has 0 spiro atoms. The van der Waals surface area contributed by atoms with Gasteiger partial charge in [-0.05, 0) is 19.4 Å². The van der Waals surface area contributed by atoms with Crippen molar-refractivity contribution in [2.24, 2.45) is 4.99 Å². The molecule has 0 bridgehead atoms. The summed E-state index contributed by atoms with van der Waals surface area (Å²) < 4.78 is 0. The van der Waals surface area contributed by atoms with Crippen LogP contribution in [0.4, 0.5) is 0 Å². The lowest BCUT2D eigenvalue weighted by molar-refractivity contribution is 1.33. The van der Waals surface area contributed by atoms with Crippen LogP contribution in [0.15, 0.2) is 53.7 Å². The molecule has 0 aromatic rings. The lowest BCUT2D eigenvalue weighted by Gasteiger charge is -1.99. The quantitative estimate of drug-likeness (QED) is 0.443. The minimum atomic E-state index is 0.924. The van der Waals surface area contributed by atoms with Crippen LogP contribution < -0.4 is 0 Å². The maximum Gasteiger partial charge on any atom is 0.0655 e. The highest BCUT2D eigenvalue weighted by molar-refractivity contribution is 5.58. The third-order valence-electron chi connectivity index (χ3n) is 1.35. The molecule has 0 saturated heterocycles. The number of allylic oxidation sites excluding steroid dienone is 4. The fourth-order valence-corrected chi connectivity index (χ4v) is 0.840. The van der Waals surface area contributed by atoms with Crippen LogP contribution in [0.3, 0.4) is 0 Å². The monoisotopic (exact) mass is 161 g/mol. The molecule has 0 aliphatic heterocycles. The summed E-state index contributed by atoms with van der Waals surface area (Å²) in [6, 6.07) is 0. The second-order valence-electron chi connectivity index (χ2n) is 2.12. The molecule has 64 valence electrons. The van der Waals surface area contributed by atoms with E-state index in [1.54, 1.807) is 18.4 Å². The van der Waals surface area contributed by atoms with Gasteiger partial charge in [0.1, 0.15) is 0 Å². The Morgan fingerprint density at radius 3 is 2.25 bits per heavy atom. The van der Waals surface area contributed by atoms with Crippen molar-refractivity contribution in [3.8, 4) is 0 Å². The Morgan fingerprint density at radius 2 is 1.92 bits per heavy atom. The van der Waals surface area contributed by atoms with Crippen LogP contribution in [0.5, 0.6) is 0 Å². The van der Waals surface area contributed by atoms with Crippen LogP contribution in [0.25, 0.3) is 0 Å². The molecule has 1 nitrogen and oxygen atoms in total. The largest absolute Gasteiger partial charge is 0.261 e.